The minimum absolute atomic E-state index is 0.197. The average Bonchev–Trinajstić information content (AvgIpc) is 3.04. The quantitative estimate of drug-likeness (QED) is 0.291. The molecule has 1 saturated carbocycles. The van der Waals surface area contributed by atoms with E-state index in [4.69, 9.17) is 28.9 Å². The number of anilines is 1. The maximum Gasteiger partial charge on any atom is 0.207 e. The zero-order valence-electron chi connectivity index (χ0n) is 21.4. The Balaban J connectivity index is 0.000000464. The summed E-state index contributed by atoms with van der Waals surface area (Å²) in [6, 6.07) is 8.66. The molecule has 35 heavy (non-hydrogen) atoms. The predicted octanol–water partition coefficient (Wildman–Crippen LogP) is 7.37. The Bertz CT molecular complexity index is 849. The van der Waals surface area contributed by atoms with Crippen LogP contribution in [-0.4, -0.2) is 26.0 Å². The molecule has 3 rings (SSSR count). The highest BCUT2D eigenvalue weighted by Crippen LogP contribution is 2.32. The molecule has 1 fully saturated rings. The number of amides is 1. The standard InChI is InChI=1S/C18H22BrCl2N3.C7H13NO.C2H6/c1-12(18(22)23-2)24(16-8-6-14(19)7-9-16)11-13-4-3-5-15(20)10-17(13)21;9-6-8-7-4-2-1-3-5-7;1-2/h5-10,13,23H,3-4,11,22H2,1-2H3;6-7H,1-5H2,(H,8,9);1-2H3/b18-12+;;. The number of halogens is 3. The van der Waals surface area contributed by atoms with Gasteiger partial charge in [-0.3, -0.25) is 4.79 Å². The zero-order chi connectivity index (χ0) is 26.2. The summed E-state index contributed by atoms with van der Waals surface area (Å²) in [6.07, 6.45) is 12.8. The van der Waals surface area contributed by atoms with Crippen LogP contribution in [0.2, 0.25) is 0 Å². The Morgan fingerprint density at radius 1 is 1.14 bits per heavy atom. The predicted molar refractivity (Wildman–Crippen MR) is 155 cm³/mol. The van der Waals surface area contributed by atoms with Gasteiger partial charge in [-0.1, -0.05) is 78.3 Å². The number of carbonyl (C=O) groups excluding carboxylic acids is 1. The lowest BCUT2D eigenvalue weighted by Crippen LogP contribution is -2.32. The zero-order valence-corrected chi connectivity index (χ0v) is 24.5. The first kappa shape index (κ1) is 31.4. The van der Waals surface area contributed by atoms with Crippen molar-refractivity contribution >= 4 is 51.2 Å². The molecule has 8 heteroatoms. The van der Waals surface area contributed by atoms with Crippen molar-refractivity contribution in [2.75, 3.05) is 18.5 Å². The number of benzene rings is 1. The average molecular weight is 588 g/mol. The number of hydrogen-bond acceptors (Lipinski definition) is 4. The minimum atomic E-state index is 0.197. The highest BCUT2D eigenvalue weighted by atomic mass is 79.9. The summed E-state index contributed by atoms with van der Waals surface area (Å²) in [7, 11) is 1.82. The molecule has 0 bridgehead atoms. The van der Waals surface area contributed by atoms with E-state index in [0.29, 0.717) is 16.9 Å². The largest absolute Gasteiger partial charge is 0.384 e. The molecular weight excluding hydrogens is 547 g/mol. The number of allylic oxidation sites excluding steroid dienone is 4. The molecule has 1 atom stereocenters. The van der Waals surface area contributed by atoms with Crippen molar-refractivity contribution < 1.29 is 4.79 Å². The molecule has 2 aliphatic rings. The van der Waals surface area contributed by atoms with Gasteiger partial charge in [-0.25, -0.2) is 0 Å². The van der Waals surface area contributed by atoms with Crippen LogP contribution in [-0.2, 0) is 4.79 Å². The monoisotopic (exact) mass is 586 g/mol. The Labute approximate surface area is 230 Å². The van der Waals surface area contributed by atoms with Crippen LogP contribution in [0.4, 0.5) is 5.69 Å². The van der Waals surface area contributed by atoms with Gasteiger partial charge in [-0.2, -0.15) is 0 Å². The molecule has 1 unspecified atom stereocenters. The van der Waals surface area contributed by atoms with Gasteiger partial charge in [0, 0.05) is 45.8 Å². The van der Waals surface area contributed by atoms with E-state index in [0.717, 1.165) is 46.7 Å². The van der Waals surface area contributed by atoms with Crippen LogP contribution in [0.3, 0.4) is 0 Å². The Kier molecular flexibility index (Phi) is 15.9. The fourth-order valence-electron chi connectivity index (χ4n) is 4.02. The number of nitrogens with zero attached hydrogens (tertiary/aromatic N) is 1. The van der Waals surface area contributed by atoms with Gasteiger partial charge in [0.15, 0.2) is 0 Å². The third kappa shape index (κ3) is 11.3. The number of carbonyl (C=O) groups is 1. The van der Waals surface area contributed by atoms with Gasteiger partial charge in [0.1, 0.15) is 5.82 Å². The molecule has 0 saturated heterocycles. The fraction of sp³-hybridized carbons (Fsp3) is 0.519. The van der Waals surface area contributed by atoms with Crippen LogP contribution in [0.15, 0.2) is 62.5 Å². The first-order chi connectivity index (χ1) is 16.8. The van der Waals surface area contributed by atoms with Crippen LogP contribution in [0.1, 0.15) is 65.7 Å². The number of hydrogen-bond donors (Lipinski definition) is 3. The number of rotatable bonds is 7. The van der Waals surface area contributed by atoms with Crippen molar-refractivity contribution in [3.05, 3.63) is 62.5 Å². The van der Waals surface area contributed by atoms with Gasteiger partial charge in [0.25, 0.3) is 0 Å². The Hall–Kier alpha value is -1.63. The Morgan fingerprint density at radius 3 is 2.34 bits per heavy atom. The summed E-state index contributed by atoms with van der Waals surface area (Å²) < 4.78 is 1.04. The van der Waals surface area contributed by atoms with Gasteiger partial charge in [0.05, 0.1) is 5.70 Å². The van der Waals surface area contributed by atoms with Crippen LogP contribution < -0.4 is 21.3 Å². The van der Waals surface area contributed by atoms with E-state index in [1.807, 2.05) is 52.1 Å². The smallest absolute Gasteiger partial charge is 0.207 e. The normalized spacial score (nSPS) is 18.7. The highest BCUT2D eigenvalue weighted by molar-refractivity contribution is 9.10. The van der Waals surface area contributed by atoms with Crippen molar-refractivity contribution in [3.8, 4) is 0 Å². The molecule has 1 aromatic rings. The second-order valence-corrected chi connectivity index (χ2v) is 10.1. The molecule has 0 aliphatic heterocycles. The molecule has 0 aromatic heterocycles. The molecule has 5 nitrogen and oxygen atoms in total. The van der Waals surface area contributed by atoms with Gasteiger partial charge in [-0.15, -0.1) is 0 Å². The van der Waals surface area contributed by atoms with Gasteiger partial charge < -0.3 is 21.3 Å². The molecule has 4 N–H and O–H groups in total. The summed E-state index contributed by atoms with van der Waals surface area (Å²) in [6.45, 7) is 6.75. The second-order valence-electron chi connectivity index (χ2n) is 8.35. The first-order valence-corrected chi connectivity index (χ1v) is 14.0. The molecule has 2 aliphatic carbocycles. The van der Waals surface area contributed by atoms with Crippen molar-refractivity contribution in [2.24, 2.45) is 11.7 Å². The fourth-order valence-corrected chi connectivity index (χ4v) is 4.86. The lowest BCUT2D eigenvalue weighted by molar-refractivity contribution is -0.110. The van der Waals surface area contributed by atoms with Crippen molar-refractivity contribution in [2.45, 2.75) is 71.8 Å². The van der Waals surface area contributed by atoms with Crippen LogP contribution >= 0.6 is 39.1 Å². The summed E-state index contributed by atoms with van der Waals surface area (Å²) in [5.41, 5.74) is 8.15. The SMILES string of the molecule is CC.CN/C(N)=C(\C)N(CC1CCC=C(Cl)C=C1Cl)c1ccc(Br)cc1.O=CNC1CCCCC1. The van der Waals surface area contributed by atoms with E-state index in [1.165, 1.54) is 32.1 Å². The number of nitrogens with two attached hydrogens (primary N) is 1. The van der Waals surface area contributed by atoms with Crippen LogP contribution in [0.5, 0.6) is 0 Å². The summed E-state index contributed by atoms with van der Waals surface area (Å²) in [5.74, 6) is 0.838. The summed E-state index contributed by atoms with van der Waals surface area (Å²) in [5, 5.41) is 7.32. The highest BCUT2D eigenvalue weighted by Gasteiger charge is 2.21. The minimum Gasteiger partial charge on any atom is -0.384 e. The van der Waals surface area contributed by atoms with E-state index in [-0.39, 0.29) is 5.92 Å². The second kappa shape index (κ2) is 17.7. The van der Waals surface area contributed by atoms with E-state index < -0.39 is 0 Å². The lowest BCUT2D eigenvalue weighted by Gasteiger charge is -2.30. The Morgan fingerprint density at radius 2 is 1.77 bits per heavy atom. The third-order valence-corrected chi connectivity index (χ3v) is 7.24. The molecule has 0 radical (unpaired) electrons. The molecule has 1 aromatic carbocycles. The molecule has 1 amide bonds. The van der Waals surface area contributed by atoms with Crippen molar-refractivity contribution in [3.63, 3.8) is 0 Å². The topological polar surface area (TPSA) is 70.4 Å². The third-order valence-electron chi connectivity index (χ3n) is 6.03. The first-order valence-electron chi connectivity index (χ1n) is 12.4. The maximum absolute atomic E-state index is 9.96. The number of nitrogens with one attached hydrogen (secondary N) is 2. The van der Waals surface area contributed by atoms with E-state index in [2.05, 4.69) is 43.6 Å². The lowest BCUT2D eigenvalue weighted by atomic mass is 9.96. The van der Waals surface area contributed by atoms with Crippen molar-refractivity contribution in [1.29, 1.82) is 0 Å². The summed E-state index contributed by atoms with van der Waals surface area (Å²) in [4.78, 5) is 12.2. The maximum atomic E-state index is 9.96. The molecular formula is C27H41BrCl2N4O. The van der Waals surface area contributed by atoms with Crippen molar-refractivity contribution in [1.82, 2.24) is 10.6 Å². The van der Waals surface area contributed by atoms with Gasteiger partial charge in [0.2, 0.25) is 6.41 Å². The summed E-state index contributed by atoms with van der Waals surface area (Å²) >= 11 is 16.1. The van der Waals surface area contributed by atoms with E-state index >= 15 is 0 Å². The molecule has 0 heterocycles. The molecule has 0 spiro atoms. The molecule has 196 valence electrons. The van der Waals surface area contributed by atoms with Crippen LogP contribution in [0.25, 0.3) is 0 Å². The van der Waals surface area contributed by atoms with Crippen LogP contribution in [0, 0.1) is 5.92 Å². The van der Waals surface area contributed by atoms with Gasteiger partial charge >= 0.3 is 0 Å². The van der Waals surface area contributed by atoms with E-state index in [1.54, 1.807) is 0 Å². The van der Waals surface area contributed by atoms with Gasteiger partial charge in [-0.05, 0) is 62.9 Å². The van der Waals surface area contributed by atoms with E-state index in [9.17, 15) is 4.79 Å².